The molecule has 1 atom stereocenters. The standard InChI is InChI=1S/C12H14FN3O2/c13-8-4-3-7(6-9(8)14)11(17)16-10-2-1-5-15-12(10)18/h3-4,6,10H,1-2,5,14H2,(H,15,18)(H,16,17). The van der Waals surface area contributed by atoms with Gasteiger partial charge in [-0.25, -0.2) is 4.39 Å². The molecular weight excluding hydrogens is 237 g/mol. The molecule has 6 heteroatoms. The highest BCUT2D eigenvalue weighted by atomic mass is 19.1. The zero-order valence-corrected chi connectivity index (χ0v) is 9.70. The predicted molar refractivity (Wildman–Crippen MR) is 64.3 cm³/mol. The van der Waals surface area contributed by atoms with Crippen LogP contribution in [0.4, 0.5) is 10.1 Å². The van der Waals surface area contributed by atoms with Gasteiger partial charge in [0.2, 0.25) is 5.91 Å². The van der Waals surface area contributed by atoms with Crippen LogP contribution in [0.15, 0.2) is 18.2 Å². The lowest BCUT2D eigenvalue weighted by Crippen LogP contribution is -2.50. The van der Waals surface area contributed by atoms with Gasteiger partial charge in [0.05, 0.1) is 5.69 Å². The third kappa shape index (κ3) is 2.58. The molecule has 5 nitrogen and oxygen atoms in total. The second-order valence-corrected chi connectivity index (χ2v) is 4.20. The molecule has 0 spiro atoms. The van der Waals surface area contributed by atoms with E-state index in [0.29, 0.717) is 13.0 Å². The number of hydrogen-bond donors (Lipinski definition) is 3. The lowest BCUT2D eigenvalue weighted by Gasteiger charge is -2.22. The average molecular weight is 251 g/mol. The topological polar surface area (TPSA) is 84.2 Å². The normalized spacial score (nSPS) is 19.2. The number of benzene rings is 1. The summed E-state index contributed by atoms with van der Waals surface area (Å²) >= 11 is 0. The van der Waals surface area contributed by atoms with Gasteiger partial charge in [-0.3, -0.25) is 9.59 Å². The van der Waals surface area contributed by atoms with Crippen molar-refractivity contribution in [2.75, 3.05) is 12.3 Å². The van der Waals surface area contributed by atoms with Crippen molar-refractivity contribution in [3.63, 3.8) is 0 Å². The Labute approximate surface area is 104 Å². The number of halogens is 1. The first-order valence-electron chi connectivity index (χ1n) is 5.71. The number of carbonyl (C=O) groups excluding carboxylic acids is 2. The molecule has 0 bridgehead atoms. The van der Waals surface area contributed by atoms with Crippen molar-refractivity contribution in [3.05, 3.63) is 29.6 Å². The lowest BCUT2D eigenvalue weighted by atomic mass is 10.1. The highest BCUT2D eigenvalue weighted by molar-refractivity contribution is 5.98. The largest absolute Gasteiger partial charge is 0.396 e. The van der Waals surface area contributed by atoms with Crippen molar-refractivity contribution < 1.29 is 14.0 Å². The molecule has 1 aliphatic heterocycles. The Hall–Kier alpha value is -2.11. The summed E-state index contributed by atoms with van der Waals surface area (Å²) in [6, 6.07) is 3.19. The molecule has 1 aliphatic rings. The van der Waals surface area contributed by atoms with Crippen molar-refractivity contribution >= 4 is 17.5 Å². The molecule has 96 valence electrons. The Morgan fingerprint density at radius 2 is 2.28 bits per heavy atom. The Morgan fingerprint density at radius 1 is 1.50 bits per heavy atom. The number of hydrogen-bond acceptors (Lipinski definition) is 3. The van der Waals surface area contributed by atoms with Gasteiger partial charge in [0.25, 0.3) is 5.91 Å². The van der Waals surface area contributed by atoms with E-state index in [1.807, 2.05) is 0 Å². The third-order valence-electron chi connectivity index (χ3n) is 2.85. The molecule has 1 unspecified atom stereocenters. The molecule has 1 fully saturated rings. The molecular formula is C12H14FN3O2. The predicted octanol–water partition coefficient (Wildman–Crippen LogP) is 0.416. The van der Waals surface area contributed by atoms with Crippen LogP contribution in [0.3, 0.4) is 0 Å². The van der Waals surface area contributed by atoms with Crippen LogP contribution in [0.25, 0.3) is 0 Å². The Kier molecular flexibility index (Phi) is 3.45. The van der Waals surface area contributed by atoms with Gasteiger partial charge < -0.3 is 16.4 Å². The number of anilines is 1. The summed E-state index contributed by atoms with van der Waals surface area (Å²) in [4.78, 5) is 23.3. The van der Waals surface area contributed by atoms with Gasteiger partial charge in [-0.2, -0.15) is 0 Å². The summed E-state index contributed by atoms with van der Waals surface area (Å²) in [6.07, 6.45) is 1.43. The molecule has 18 heavy (non-hydrogen) atoms. The van der Waals surface area contributed by atoms with E-state index >= 15 is 0 Å². The molecule has 1 saturated heterocycles. The molecule has 1 heterocycles. The number of nitrogens with two attached hydrogens (primary N) is 1. The summed E-state index contributed by atoms with van der Waals surface area (Å²) in [5.74, 6) is -1.18. The Morgan fingerprint density at radius 3 is 2.94 bits per heavy atom. The van der Waals surface area contributed by atoms with Crippen LogP contribution in [0, 0.1) is 5.82 Å². The van der Waals surface area contributed by atoms with Gasteiger partial charge in [-0.1, -0.05) is 0 Å². The van der Waals surface area contributed by atoms with Crippen LogP contribution >= 0.6 is 0 Å². The molecule has 2 amide bonds. The van der Waals surface area contributed by atoms with E-state index in [4.69, 9.17) is 5.73 Å². The van der Waals surface area contributed by atoms with E-state index in [1.54, 1.807) is 0 Å². The van der Waals surface area contributed by atoms with Crippen LogP contribution in [0.5, 0.6) is 0 Å². The fraction of sp³-hybridized carbons (Fsp3) is 0.333. The van der Waals surface area contributed by atoms with Gasteiger partial charge in [-0.15, -0.1) is 0 Å². The SMILES string of the molecule is Nc1cc(C(=O)NC2CCCNC2=O)ccc1F. The van der Waals surface area contributed by atoms with Crippen molar-refractivity contribution in [2.45, 2.75) is 18.9 Å². The number of piperidine rings is 1. The molecule has 1 aromatic carbocycles. The molecule has 1 aromatic rings. The van der Waals surface area contributed by atoms with Crippen molar-refractivity contribution in [3.8, 4) is 0 Å². The summed E-state index contributed by atoms with van der Waals surface area (Å²) in [7, 11) is 0. The maximum absolute atomic E-state index is 13.0. The highest BCUT2D eigenvalue weighted by Crippen LogP contribution is 2.13. The number of nitrogen functional groups attached to an aromatic ring is 1. The molecule has 0 aromatic heterocycles. The second-order valence-electron chi connectivity index (χ2n) is 4.20. The van der Waals surface area contributed by atoms with E-state index in [2.05, 4.69) is 10.6 Å². The fourth-order valence-corrected chi connectivity index (χ4v) is 1.84. The van der Waals surface area contributed by atoms with Crippen LogP contribution in [0.2, 0.25) is 0 Å². The first-order chi connectivity index (χ1) is 8.58. The van der Waals surface area contributed by atoms with Gasteiger partial charge in [0.15, 0.2) is 0 Å². The number of rotatable bonds is 2. The van der Waals surface area contributed by atoms with E-state index < -0.39 is 17.8 Å². The maximum Gasteiger partial charge on any atom is 0.252 e. The smallest absolute Gasteiger partial charge is 0.252 e. The Bertz CT molecular complexity index is 490. The maximum atomic E-state index is 13.0. The minimum Gasteiger partial charge on any atom is -0.396 e. The first kappa shape index (κ1) is 12.3. The number of amides is 2. The zero-order valence-electron chi connectivity index (χ0n) is 9.70. The van der Waals surface area contributed by atoms with E-state index in [9.17, 15) is 14.0 Å². The van der Waals surface area contributed by atoms with Crippen molar-refractivity contribution in [1.82, 2.24) is 10.6 Å². The minimum absolute atomic E-state index is 0.0873. The number of carbonyl (C=O) groups is 2. The summed E-state index contributed by atoms with van der Waals surface area (Å²) in [6.45, 7) is 0.634. The average Bonchev–Trinajstić information content (AvgIpc) is 2.35. The van der Waals surface area contributed by atoms with Crippen LogP contribution in [-0.2, 0) is 4.79 Å². The third-order valence-corrected chi connectivity index (χ3v) is 2.85. The van der Waals surface area contributed by atoms with E-state index in [0.717, 1.165) is 12.5 Å². The van der Waals surface area contributed by atoms with Crippen LogP contribution in [-0.4, -0.2) is 24.4 Å². The summed E-state index contributed by atoms with van der Waals surface area (Å²) in [5, 5.41) is 5.27. The molecule has 0 radical (unpaired) electrons. The molecule has 0 aliphatic carbocycles. The second kappa shape index (κ2) is 5.03. The number of nitrogens with one attached hydrogen (secondary N) is 2. The zero-order chi connectivity index (χ0) is 13.1. The first-order valence-corrected chi connectivity index (χ1v) is 5.71. The highest BCUT2D eigenvalue weighted by Gasteiger charge is 2.24. The summed E-state index contributed by atoms with van der Waals surface area (Å²) in [5.41, 5.74) is 5.54. The van der Waals surface area contributed by atoms with Gasteiger partial charge in [0, 0.05) is 12.1 Å². The molecule has 4 N–H and O–H groups in total. The molecule has 2 rings (SSSR count). The van der Waals surface area contributed by atoms with E-state index in [-0.39, 0.29) is 17.2 Å². The minimum atomic E-state index is -0.568. The molecule has 0 saturated carbocycles. The van der Waals surface area contributed by atoms with Gasteiger partial charge in [-0.05, 0) is 31.0 Å². The lowest BCUT2D eigenvalue weighted by molar-refractivity contribution is -0.124. The quantitative estimate of drug-likeness (QED) is 0.666. The van der Waals surface area contributed by atoms with E-state index in [1.165, 1.54) is 12.1 Å². The van der Waals surface area contributed by atoms with Gasteiger partial charge in [0.1, 0.15) is 11.9 Å². The Balaban J connectivity index is 2.07. The van der Waals surface area contributed by atoms with Crippen LogP contribution < -0.4 is 16.4 Å². The fourth-order valence-electron chi connectivity index (χ4n) is 1.84. The van der Waals surface area contributed by atoms with Crippen molar-refractivity contribution in [1.29, 1.82) is 0 Å². The van der Waals surface area contributed by atoms with Crippen LogP contribution in [0.1, 0.15) is 23.2 Å². The van der Waals surface area contributed by atoms with Gasteiger partial charge >= 0.3 is 0 Å². The monoisotopic (exact) mass is 251 g/mol. The van der Waals surface area contributed by atoms with Crippen molar-refractivity contribution in [2.24, 2.45) is 0 Å². The summed E-state index contributed by atoms with van der Waals surface area (Å²) < 4.78 is 13.0.